The van der Waals surface area contributed by atoms with Crippen molar-refractivity contribution in [3.8, 4) is 89.0 Å². The van der Waals surface area contributed by atoms with Crippen LogP contribution in [-0.4, -0.2) is 0 Å². The van der Waals surface area contributed by atoms with Crippen LogP contribution in [0.5, 0.6) is 0 Å². The molecule has 0 nitrogen and oxygen atoms in total. The zero-order valence-electron chi connectivity index (χ0n) is 74.4. The highest BCUT2D eigenvalue weighted by Gasteiger charge is 2.16. The molecule has 15 aromatic carbocycles. The third-order valence-corrected chi connectivity index (χ3v) is 15.4. The highest BCUT2D eigenvalue weighted by molar-refractivity contribution is 5.93. The fraction of sp³-hybridized carbons (Fsp3) is 0.211. The molecule has 0 aliphatic heterocycles. The second-order valence-corrected chi connectivity index (χ2v) is 22.6. The van der Waals surface area contributed by atoms with Gasteiger partial charge in [0.1, 0.15) is 0 Å². The summed E-state index contributed by atoms with van der Waals surface area (Å²) >= 11 is 0. The van der Waals surface area contributed by atoms with Gasteiger partial charge in [0.05, 0.1) is 0 Å². The maximum Gasteiger partial charge on any atom is -0.0103 e. The van der Waals surface area contributed by atoms with Gasteiger partial charge in [0, 0.05) is 0 Å². The van der Waals surface area contributed by atoms with Gasteiger partial charge in [-0.2, -0.15) is 0 Å². The maximum atomic E-state index is 2.37. The van der Waals surface area contributed by atoms with Gasteiger partial charge in [-0.15, -0.1) is 0 Å². The lowest BCUT2D eigenvalue weighted by Crippen LogP contribution is -1.92. The Kier molecular flexibility index (Phi) is 66.7. The van der Waals surface area contributed by atoms with Crippen LogP contribution in [0, 0.1) is 27.7 Å². The van der Waals surface area contributed by atoms with E-state index >= 15 is 0 Å². The van der Waals surface area contributed by atoms with E-state index in [2.05, 4.69) is 270 Å². The zero-order chi connectivity index (χ0) is 85.0. The molecular formula is C114H142. The molecule has 0 radical (unpaired) electrons. The number of benzene rings is 15. The van der Waals surface area contributed by atoms with Crippen molar-refractivity contribution in [2.75, 3.05) is 0 Å². The molecule has 598 valence electrons. The third-order valence-electron chi connectivity index (χ3n) is 15.4. The van der Waals surface area contributed by atoms with Gasteiger partial charge in [0.2, 0.25) is 0 Å². The minimum atomic E-state index is 1.22. The summed E-state index contributed by atoms with van der Waals surface area (Å²) in [7, 11) is 0. The van der Waals surface area contributed by atoms with E-state index < -0.39 is 0 Å². The summed E-state index contributed by atoms with van der Waals surface area (Å²) in [5, 5.41) is 0. The van der Waals surface area contributed by atoms with Gasteiger partial charge in [-0.25, -0.2) is 0 Å². The van der Waals surface area contributed by atoms with Gasteiger partial charge in [-0.3, -0.25) is 0 Å². The molecule has 0 amide bonds. The highest BCUT2D eigenvalue weighted by Crippen LogP contribution is 2.42. The van der Waals surface area contributed by atoms with Crippen molar-refractivity contribution in [1.82, 2.24) is 0 Å². The molecular weight excluding hydrogens is 1370 g/mol. The summed E-state index contributed by atoms with van der Waals surface area (Å²) in [4.78, 5) is 0. The van der Waals surface area contributed by atoms with E-state index in [-0.39, 0.29) is 0 Å². The molecule has 0 aromatic heterocycles. The summed E-state index contributed by atoms with van der Waals surface area (Å²) in [6.07, 6.45) is 0. The second-order valence-electron chi connectivity index (χ2n) is 22.6. The number of aryl methyl sites for hydroxylation is 4. The summed E-state index contributed by atoms with van der Waals surface area (Å²) in [5.41, 5.74) is 25.1. The molecule has 0 bridgehead atoms. The lowest BCUT2D eigenvalue weighted by atomic mass is 9.86. The first-order valence-electron chi connectivity index (χ1n) is 42.2. The lowest BCUT2D eigenvalue weighted by molar-refractivity contribution is 1.38. The van der Waals surface area contributed by atoms with Crippen LogP contribution in [0.4, 0.5) is 0 Å². The number of hydrogen-bond donors (Lipinski definition) is 0. The molecule has 0 aliphatic rings. The van der Waals surface area contributed by atoms with Crippen molar-refractivity contribution >= 4 is 0 Å². The van der Waals surface area contributed by atoms with Crippen molar-refractivity contribution in [2.24, 2.45) is 0 Å². The lowest BCUT2D eigenvalue weighted by Gasteiger charge is -2.18. The van der Waals surface area contributed by atoms with E-state index in [1.54, 1.807) is 0 Å². The molecule has 0 N–H and O–H groups in total. The predicted octanol–water partition coefficient (Wildman–Crippen LogP) is 36.6. The fourth-order valence-corrected chi connectivity index (χ4v) is 10.9. The molecule has 0 spiro atoms. The molecule has 0 atom stereocenters. The number of rotatable bonds is 8. The van der Waals surface area contributed by atoms with Gasteiger partial charge in [0.15, 0.2) is 0 Å². The Bertz CT molecular complexity index is 3940. The Morgan fingerprint density at radius 3 is 0.421 bits per heavy atom. The van der Waals surface area contributed by atoms with Gasteiger partial charge >= 0.3 is 0 Å². The average molecular weight is 1510 g/mol. The summed E-state index contributed by atoms with van der Waals surface area (Å²) < 4.78 is 0. The van der Waals surface area contributed by atoms with E-state index in [9.17, 15) is 0 Å². The molecule has 0 fully saturated rings. The van der Waals surface area contributed by atoms with Crippen LogP contribution >= 0.6 is 0 Å². The summed E-state index contributed by atoms with van der Waals surface area (Å²) in [5.74, 6) is 0. The average Bonchev–Trinajstić information content (AvgIpc) is 0.769. The van der Waals surface area contributed by atoms with Crippen LogP contribution in [0.2, 0.25) is 0 Å². The van der Waals surface area contributed by atoms with Crippen LogP contribution in [0.15, 0.2) is 425 Å². The molecule has 114 heavy (non-hydrogen) atoms. The summed E-state index contributed by atoms with van der Waals surface area (Å²) in [6, 6.07) is 147. The third kappa shape index (κ3) is 41.5. The monoisotopic (exact) mass is 1510 g/mol. The fourth-order valence-electron chi connectivity index (χ4n) is 10.9. The first-order chi connectivity index (χ1) is 56.4. The van der Waals surface area contributed by atoms with Crippen LogP contribution in [0.25, 0.3) is 89.0 Å². The SMILES string of the molecule is CC.CC.CC.CC.CC.CC.CC.CC.CC.CC.Cc1ccc(-c2ccccc2-c2cc(-c3ccccc3)cc(-c3ccccc3-c3ccc(C)cc3C)c2)c(C)c1.c1ccc(-c2cc(-c3ccccc3)cc(-c3ccccc3)c2)cc1.c1ccccc1.c1ccccc1.c1ccccc1.c1ccccc1.c1ccccc1. The molecule has 15 aromatic rings. The molecule has 0 aliphatic carbocycles. The zero-order valence-corrected chi connectivity index (χ0v) is 74.4. The highest BCUT2D eigenvalue weighted by atomic mass is 14.2. The molecule has 0 heteroatoms. The first kappa shape index (κ1) is 104. The van der Waals surface area contributed by atoms with Gasteiger partial charge in [0.25, 0.3) is 0 Å². The normalized spacial score (nSPS) is 8.70. The Morgan fingerprint density at radius 2 is 0.246 bits per heavy atom. The predicted molar refractivity (Wildman–Crippen MR) is 521 cm³/mol. The smallest absolute Gasteiger partial charge is 0.0103 e. The molecule has 0 saturated carbocycles. The van der Waals surface area contributed by atoms with Gasteiger partial charge in [-0.05, 0) is 164 Å². The van der Waals surface area contributed by atoms with Gasteiger partial charge < -0.3 is 0 Å². The van der Waals surface area contributed by atoms with Crippen molar-refractivity contribution < 1.29 is 0 Å². The Morgan fingerprint density at radius 1 is 0.105 bits per heavy atom. The Hall–Kier alpha value is -11.7. The first-order valence-corrected chi connectivity index (χ1v) is 42.2. The molecule has 0 heterocycles. The topological polar surface area (TPSA) is 0 Å². The quantitative estimate of drug-likeness (QED) is 0.142. The van der Waals surface area contributed by atoms with E-state index in [0.29, 0.717) is 0 Å². The van der Waals surface area contributed by atoms with Crippen LogP contribution in [-0.2, 0) is 0 Å². The molecule has 15 rings (SSSR count). The van der Waals surface area contributed by atoms with Crippen molar-refractivity contribution in [3.63, 3.8) is 0 Å². The minimum Gasteiger partial charge on any atom is -0.0683 e. The van der Waals surface area contributed by atoms with Crippen LogP contribution in [0.1, 0.15) is 161 Å². The summed E-state index contributed by atoms with van der Waals surface area (Å²) in [6.45, 7) is 48.7. The van der Waals surface area contributed by atoms with E-state index in [0.717, 1.165) is 0 Å². The van der Waals surface area contributed by atoms with Gasteiger partial charge in [-0.1, -0.05) is 538 Å². The van der Waals surface area contributed by atoms with Crippen molar-refractivity contribution in [1.29, 1.82) is 0 Å². The van der Waals surface area contributed by atoms with E-state index in [1.807, 2.05) is 320 Å². The number of hydrogen-bond acceptors (Lipinski definition) is 0. The Balaban J connectivity index is 0. The van der Waals surface area contributed by atoms with Crippen LogP contribution < -0.4 is 0 Å². The minimum absolute atomic E-state index is 1.22. The maximum absolute atomic E-state index is 2.37. The molecule has 0 saturated heterocycles. The van der Waals surface area contributed by atoms with Crippen LogP contribution in [0.3, 0.4) is 0 Å². The van der Waals surface area contributed by atoms with Crippen molar-refractivity contribution in [3.05, 3.63) is 447 Å². The molecule has 0 unspecified atom stereocenters. The van der Waals surface area contributed by atoms with E-state index in [1.165, 1.54) is 111 Å². The standard InChI is InChI=1S/C40H34.C24H18.5C6H6.10C2H6/c1-27-18-20-35(29(3)22-27)39-16-10-8-14-37(39)33-24-32(31-12-6-5-7-13-31)25-34(26-33)38-15-9-11-17-40(38)36-21-19-28(2)23-30(36)4;1-4-10-19(11-5-1)22-16-23(20-12-6-2-7-13-20)18-24(17-22)21-14-8-3-9-15-21;5*1-2-4-6-5-3-1;10*1-2/h5-26H,1-4H3;1-18H;5*1-6H;10*1-2H3. The Labute approximate surface area is 697 Å². The largest absolute Gasteiger partial charge is 0.0683 e. The van der Waals surface area contributed by atoms with Crippen molar-refractivity contribution in [2.45, 2.75) is 166 Å². The second kappa shape index (κ2) is 72.8. The van der Waals surface area contributed by atoms with E-state index in [4.69, 9.17) is 0 Å².